The Bertz CT molecular complexity index is 1150. The number of rotatable bonds is 8. The fraction of sp³-hybridized carbons (Fsp3) is 0.455. The van der Waals surface area contributed by atoms with Gasteiger partial charge in [-0.15, -0.1) is 0 Å². The van der Waals surface area contributed by atoms with Crippen LogP contribution >= 0.6 is 0 Å². The van der Waals surface area contributed by atoms with Crippen molar-refractivity contribution in [2.75, 3.05) is 45.4 Å². The average molecular weight is 456 g/mol. The topological polar surface area (TPSA) is 98.8 Å². The molecule has 0 unspecified atom stereocenters. The van der Waals surface area contributed by atoms with Gasteiger partial charge in [0.15, 0.2) is 0 Å². The maximum atomic E-state index is 14.2. The second kappa shape index (κ2) is 8.91. The van der Waals surface area contributed by atoms with E-state index in [1.807, 2.05) is 4.57 Å². The van der Waals surface area contributed by atoms with Crippen LogP contribution in [-0.2, 0) is 16.0 Å². The average Bonchev–Trinajstić information content (AvgIpc) is 3.40. The number of amides is 2. The van der Waals surface area contributed by atoms with E-state index in [1.165, 1.54) is 12.1 Å². The number of methoxy groups -OCH3 is 2. The molecular weight excluding hydrogens is 431 g/mol. The third-order valence-corrected chi connectivity index (χ3v) is 5.87. The number of hydrogen-bond donors (Lipinski definition) is 0. The molecular formula is C22H25FN6O4. The summed E-state index contributed by atoms with van der Waals surface area (Å²) >= 11 is 0. The SMILES string of the molecule is COCCN(CCOC)C(=O)N1Cc2c(-c3noc(C4CC4)n3)ncn2-c2ccc(F)cc21. The second-order valence-corrected chi connectivity index (χ2v) is 8.11. The fourth-order valence-corrected chi connectivity index (χ4v) is 3.95. The molecule has 0 N–H and O–H groups in total. The lowest BCUT2D eigenvalue weighted by Gasteiger charge is -2.35. The summed E-state index contributed by atoms with van der Waals surface area (Å²) in [6.45, 7) is 1.67. The van der Waals surface area contributed by atoms with Crippen molar-refractivity contribution in [1.82, 2.24) is 24.6 Å². The summed E-state index contributed by atoms with van der Waals surface area (Å²) in [4.78, 5) is 25.8. The molecule has 3 aromatic rings. The Kier molecular flexibility index (Phi) is 5.81. The van der Waals surface area contributed by atoms with Crippen LogP contribution in [0.15, 0.2) is 29.0 Å². The Morgan fingerprint density at radius 3 is 2.67 bits per heavy atom. The van der Waals surface area contributed by atoms with Gasteiger partial charge in [0.1, 0.15) is 17.8 Å². The number of halogens is 1. The Hall–Kier alpha value is -3.31. The summed E-state index contributed by atoms with van der Waals surface area (Å²) < 4.78 is 31.8. The quantitative estimate of drug-likeness (QED) is 0.514. The number of carbonyl (C=O) groups excluding carboxylic acids is 1. The van der Waals surface area contributed by atoms with Crippen molar-refractivity contribution in [3.05, 3.63) is 41.9 Å². The van der Waals surface area contributed by atoms with Gasteiger partial charge in [-0.3, -0.25) is 9.47 Å². The second-order valence-electron chi connectivity index (χ2n) is 8.11. The lowest BCUT2D eigenvalue weighted by molar-refractivity contribution is 0.125. The van der Waals surface area contributed by atoms with Crippen molar-refractivity contribution >= 4 is 11.7 Å². The van der Waals surface area contributed by atoms with Gasteiger partial charge in [-0.25, -0.2) is 14.2 Å². The van der Waals surface area contributed by atoms with Crippen LogP contribution < -0.4 is 4.90 Å². The van der Waals surface area contributed by atoms with Crippen molar-refractivity contribution in [3.63, 3.8) is 0 Å². The molecule has 1 aliphatic carbocycles. The summed E-state index contributed by atoms with van der Waals surface area (Å²) in [6, 6.07) is 4.09. The molecule has 0 spiro atoms. The Morgan fingerprint density at radius 1 is 1.21 bits per heavy atom. The van der Waals surface area contributed by atoms with Crippen LogP contribution in [0.2, 0.25) is 0 Å². The van der Waals surface area contributed by atoms with Crippen molar-refractivity contribution in [2.45, 2.75) is 25.3 Å². The number of nitrogens with zero attached hydrogens (tertiary/aromatic N) is 6. The predicted molar refractivity (Wildman–Crippen MR) is 116 cm³/mol. The minimum Gasteiger partial charge on any atom is -0.383 e. The molecule has 0 atom stereocenters. The maximum absolute atomic E-state index is 14.2. The van der Waals surface area contributed by atoms with Gasteiger partial charge in [-0.05, 0) is 31.0 Å². The highest BCUT2D eigenvalue weighted by Gasteiger charge is 2.34. The third kappa shape index (κ3) is 4.09. The molecule has 2 amide bonds. The van der Waals surface area contributed by atoms with Gasteiger partial charge in [0.25, 0.3) is 0 Å². The number of fused-ring (bicyclic) bond motifs is 3. The van der Waals surface area contributed by atoms with E-state index in [0.717, 1.165) is 18.5 Å². The molecule has 5 rings (SSSR count). The minimum atomic E-state index is -0.428. The number of aromatic nitrogens is 4. The van der Waals surface area contributed by atoms with E-state index in [-0.39, 0.29) is 12.6 Å². The number of benzene rings is 1. The number of urea groups is 1. The van der Waals surface area contributed by atoms with Crippen LogP contribution in [0.25, 0.3) is 17.2 Å². The van der Waals surface area contributed by atoms with E-state index in [4.69, 9.17) is 14.0 Å². The van der Waals surface area contributed by atoms with E-state index in [1.54, 1.807) is 36.4 Å². The molecule has 33 heavy (non-hydrogen) atoms. The van der Waals surface area contributed by atoms with Crippen LogP contribution in [0.3, 0.4) is 0 Å². The van der Waals surface area contributed by atoms with E-state index < -0.39 is 5.82 Å². The van der Waals surface area contributed by atoms with Gasteiger partial charge in [-0.2, -0.15) is 4.98 Å². The van der Waals surface area contributed by atoms with Gasteiger partial charge < -0.3 is 18.9 Å². The molecule has 10 nitrogen and oxygen atoms in total. The molecule has 2 aromatic heterocycles. The molecule has 11 heteroatoms. The number of ether oxygens (including phenoxy) is 2. The Morgan fingerprint density at radius 2 is 1.97 bits per heavy atom. The summed E-state index contributed by atoms with van der Waals surface area (Å²) in [7, 11) is 3.16. The summed E-state index contributed by atoms with van der Waals surface area (Å²) in [6.07, 6.45) is 3.73. The molecule has 3 heterocycles. The van der Waals surface area contributed by atoms with Gasteiger partial charge in [0, 0.05) is 33.2 Å². The van der Waals surface area contributed by atoms with Crippen LogP contribution in [-0.4, -0.2) is 71.1 Å². The van der Waals surface area contributed by atoms with Gasteiger partial charge >= 0.3 is 6.03 Å². The minimum absolute atomic E-state index is 0.175. The van der Waals surface area contributed by atoms with Crippen molar-refractivity contribution in [3.8, 4) is 17.2 Å². The predicted octanol–water partition coefficient (Wildman–Crippen LogP) is 2.97. The van der Waals surface area contributed by atoms with Gasteiger partial charge in [0.05, 0.1) is 36.8 Å². The van der Waals surface area contributed by atoms with Gasteiger partial charge in [0.2, 0.25) is 11.7 Å². The molecule has 1 saturated carbocycles. The van der Waals surface area contributed by atoms with Gasteiger partial charge in [-0.1, -0.05) is 5.16 Å². The zero-order chi connectivity index (χ0) is 22.9. The monoisotopic (exact) mass is 456 g/mol. The van der Waals surface area contributed by atoms with E-state index >= 15 is 0 Å². The molecule has 0 saturated heterocycles. The first-order valence-corrected chi connectivity index (χ1v) is 10.8. The molecule has 1 aromatic carbocycles. The first-order chi connectivity index (χ1) is 16.1. The highest BCUT2D eigenvalue weighted by Crippen LogP contribution is 2.40. The number of anilines is 1. The van der Waals surface area contributed by atoms with E-state index in [9.17, 15) is 9.18 Å². The first kappa shape index (κ1) is 21.5. The number of imidazole rings is 1. The molecule has 174 valence electrons. The van der Waals surface area contributed by atoms with E-state index in [2.05, 4.69) is 15.1 Å². The van der Waals surface area contributed by atoms with Crippen molar-refractivity contribution in [1.29, 1.82) is 0 Å². The molecule has 1 fully saturated rings. The fourth-order valence-electron chi connectivity index (χ4n) is 3.95. The zero-order valence-electron chi connectivity index (χ0n) is 18.5. The Balaban J connectivity index is 1.53. The van der Waals surface area contributed by atoms with Crippen LogP contribution in [0.5, 0.6) is 0 Å². The summed E-state index contributed by atoms with van der Waals surface area (Å²) in [5.74, 6) is 0.895. The molecule has 1 aliphatic heterocycles. The summed E-state index contributed by atoms with van der Waals surface area (Å²) in [5, 5.41) is 4.12. The largest absolute Gasteiger partial charge is 0.383 e. The van der Waals surface area contributed by atoms with Crippen molar-refractivity contribution < 1.29 is 23.2 Å². The van der Waals surface area contributed by atoms with Crippen LogP contribution in [0, 0.1) is 5.82 Å². The lowest BCUT2D eigenvalue weighted by atomic mass is 10.1. The highest BCUT2D eigenvalue weighted by molar-refractivity contribution is 5.95. The van der Waals surface area contributed by atoms with Crippen LogP contribution in [0.4, 0.5) is 14.9 Å². The first-order valence-electron chi connectivity index (χ1n) is 10.8. The molecule has 2 aliphatic rings. The Labute approximate surface area is 189 Å². The standard InChI is InChI=1S/C22H25FN6O4/c1-31-9-7-27(8-10-32-2)22(30)28-12-18-19(20-25-21(33-26-20)14-3-4-14)24-13-29(18)16-6-5-15(23)11-17(16)28/h5-6,11,13-14H,3-4,7-10,12H2,1-2H3. The van der Waals surface area contributed by atoms with Crippen LogP contribution in [0.1, 0.15) is 30.3 Å². The van der Waals surface area contributed by atoms with Crippen molar-refractivity contribution in [2.24, 2.45) is 0 Å². The lowest BCUT2D eigenvalue weighted by Crippen LogP contribution is -2.47. The normalized spacial score (nSPS) is 14.8. The molecule has 0 radical (unpaired) electrons. The smallest absolute Gasteiger partial charge is 0.325 e. The highest BCUT2D eigenvalue weighted by atomic mass is 19.1. The zero-order valence-corrected chi connectivity index (χ0v) is 18.5. The van der Waals surface area contributed by atoms with E-state index in [0.29, 0.717) is 61.0 Å². The molecule has 0 bridgehead atoms. The number of hydrogen-bond acceptors (Lipinski definition) is 7. The summed E-state index contributed by atoms with van der Waals surface area (Å²) in [5.41, 5.74) is 2.37. The number of carbonyl (C=O) groups is 1. The third-order valence-electron chi connectivity index (χ3n) is 5.87. The maximum Gasteiger partial charge on any atom is 0.325 e.